The van der Waals surface area contributed by atoms with Crippen molar-refractivity contribution in [1.29, 1.82) is 0 Å². The summed E-state index contributed by atoms with van der Waals surface area (Å²) in [5.41, 5.74) is 5.46. The first-order valence-corrected chi connectivity index (χ1v) is 5.41. The van der Waals surface area contributed by atoms with Crippen molar-refractivity contribution in [2.75, 3.05) is 37.5 Å². The van der Waals surface area contributed by atoms with Gasteiger partial charge in [0.05, 0.1) is 4.99 Å². The molecule has 0 atom stereocenters. The fourth-order valence-electron chi connectivity index (χ4n) is 1.16. The highest BCUT2D eigenvalue weighted by Gasteiger charge is 2.05. The zero-order chi connectivity index (χ0) is 12.1. The molecule has 1 rings (SSSR count). The summed E-state index contributed by atoms with van der Waals surface area (Å²) in [5, 5.41) is 0. The van der Waals surface area contributed by atoms with Crippen molar-refractivity contribution in [3.05, 3.63) is 12.3 Å². The third kappa shape index (κ3) is 3.62. The average molecular weight is 239 g/mol. The Morgan fingerprint density at radius 1 is 1.44 bits per heavy atom. The highest BCUT2D eigenvalue weighted by Crippen LogP contribution is 2.11. The molecule has 0 radical (unpaired) electrons. The van der Waals surface area contributed by atoms with E-state index >= 15 is 0 Å². The normalized spacial score (nSPS) is 9.94. The Balaban J connectivity index is 2.71. The van der Waals surface area contributed by atoms with E-state index in [0.29, 0.717) is 17.4 Å². The summed E-state index contributed by atoms with van der Waals surface area (Å²) in [6, 6.07) is 1.87. The van der Waals surface area contributed by atoms with Gasteiger partial charge in [-0.05, 0) is 6.07 Å². The minimum Gasteiger partial charge on any atom is -0.393 e. The van der Waals surface area contributed by atoms with Crippen LogP contribution in [0.1, 0.15) is 6.42 Å². The van der Waals surface area contributed by atoms with Crippen LogP contribution in [0.5, 0.6) is 0 Å². The van der Waals surface area contributed by atoms with Crippen molar-refractivity contribution in [1.82, 2.24) is 9.97 Å². The zero-order valence-electron chi connectivity index (χ0n) is 9.84. The molecule has 6 heteroatoms. The van der Waals surface area contributed by atoms with Gasteiger partial charge in [-0.3, -0.25) is 0 Å². The van der Waals surface area contributed by atoms with Crippen molar-refractivity contribution in [3.8, 4) is 0 Å². The van der Waals surface area contributed by atoms with Crippen LogP contribution in [0, 0.1) is 0 Å². The summed E-state index contributed by atoms with van der Waals surface area (Å²) in [6.07, 6.45) is 2.43. The van der Waals surface area contributed by atoms with Crippen LogP contribution in [0.15, 0.2) is 12.3 Å². The van der Waals surface area contributed by atoms with Gasteiger partial charge in [0.2, 0.25) is 5.95 Å². The molecule has 0 aliphatic carbocycles. The number of rotatable bonds is 5. The van der Waals surface area contributed by atoms with Crippen molar-refractivity contribution in [3.63, 3.8) is 0 Å². The lowest BCUT2D eigenvalue weighted by atomic mass is 10.4. The van der Waals surface area contributed by atoms with Crippen LogP contribution in [0.3, 0.4) is 0 Å². The third-order valence-corrected chi connectivity index (χ3v) is 2.32. The van der Waals surface area contributed by atoms with Gasteiger partial charge >= 0.3 is 0 Å². The van der Waals surface area contributed by atoms with Crippen LogP contribution in [-0.2, 0) is 0 Å². The van der Waals surface area contributed by atoms with Crippen LogP contribution < -0.4 is 15.5 Å². The number of nitrogens with zero attached hydrogens (tertiary/aromatic N) is 4. The molecular weight excluding hydrogens is 222 g/mol. The second-order valence-corrected chi connectivity index (χ2v) is 4.27. The van der Waals surface area contributed by atoms with E-state index in [2.05, 4.69) is 9.97 Å². The molecule has 16 heavy (non-hydrogen) atoms. The summed E-state index contributed by atoms with van der Waals surface area (Å²) in [7, 11) is 5.78. The van der Waals surface area contributed by atoms with Crippen LogP contribution in [0.2, 0.25) is 0 Å². The quantitative estimate of drug-likeness (QED) is 0.762. The van der Waals surface area contributed by atoms with Crippen LogP contribution in [0.25, 0.3) is 0 Å². The molecule has 0 spiro atoms. The molecule has 5 nitrogen and oxygen atoms in total. The van der Waals surface area contributed by atoms with Gasteiger partial charge in [-0.2, -0.15) is 4.98 Å². The predicted octanol–water partition coefficient (Wildman–Crippen LogP) is 0.655. The Kier molecular flexibility index (Phi) is 4.42. The molecule has 0 aromatic carbocycles. The van der Waals surface area contributed by atoms with Crippen molar-refractivity contribution < 1.29 is 0 Å². The Morgan fingerprint density at radius 3 is 2.69 bits per heavy atom. The van der Waals surface area contributed by atoms with Crippen molar-refractivity contribution in [2.45, 2.75) is 6.42 Å². The van der Waals surface area contributed by atoms with Crippen LogP contribution in [0.4, 0.5) is 11.8 Å². The van der Waals surface area contributed by atoms with E-state index in [9.17, 15) is 0 Å². The Morgan fingerprint density at radius 2 is 2.12 bits per heavy atom. The second-order valence-electron chi connectivity index (χ2n) is 3.75. The monoisotopic (exact) mass is 239 g/mol. The number of thiocarbonyl (C=S) groups is 1. The number of aromatic nitrogens is 2. The highest BCUT2D eigenvalue weighted by molar-refractivity contribution is 7.80. The van der Waals surface area contributed by atoms with E-state index in [-0.39, 0.29) is 0 Å². The summed E-state index contributed by atoms with van der Waals surface area (Å²) >= 11 is 4.84. The SMILES string of the molecule is CN(C)c1nccc(N(C)CCC(N)=S)n1. The van der Waals surface area contributed by atoms with Crippen LogP contribution >= 0.6 is 12.2 Å². The van der Waals surface area contributed by atoms with E-state index in [1.54, 1.807) is 6.20 Å². The van der Waals surface area contributed by atoms with E-state index in [1.165, 1.54) is 0 Å². The van der Waals surface area contributed by atoms with Gasteiger partial charge in [0.1, 0.15) is 5.82 Å². The number of hydrogen-bond acceptors (Lipinski definition) is 5. The Labute approximate surface area is 101 Å². The summed E-state index contributed by atoms with van der Waals surface area (Å²) in [6.45, 7) is 0.763. The highest BCUT2D eigenvalue weighted by atomic mass is 32.1. The topological polar surface area (TPSA) is 58.3 Å². The summed E-state index contributed by atoms with van der Waals surface area (Å²) in [4.78, 5) is 13.0. The van der Waals surface area contributed by atoms with E-state index in [1.807, 2.05) is 37.0 Å². The number of nitrogens with two attached hydrogens (primary N) is 1. The fourth-order valence-corrected chi connectivity index (χ4v) is 1.25. The largest absolute Gasteiger partial charge is 0.393 e. The van der Waals surface area contributed by atoms with Gasteiger partial charge in [0.25, 0.3) is 0 Å². The molecule has 0 amide bonds. The first-order valence-electron chi connectivity index (χ1n) is 5.00. The third-order valence-electron chi connectivity index (χ3n) is 2.11. The second kappa shape index (κ2) is 5.60. The first kappa shape index (κ1) is 12.6. The van der Waals surface area contributed by atoms with Gasteiger partial charge in [-0.1, -0.05) is 12.2 Å². The Hall–Kier alpha value is -1.43. The zero-order valence-corrected chi connectivity index (χ0v) is 10.7. The minimum atomic E-state index is 0.522. The first-order chi connectivity index (χ1) is 7.50. The summed E-state index contributed by atoms with van der Waals surface area (Å²) in [5.74, 6) is 1.56. The molecule has 1 aromatic heterocycles. The molecule has 0 saturated heterocycles. The van der Waals surface area contributed by atoms with Gasteiger partial charge in [0.15, 0.2) is 0 Å². The smallest absolute Gasteiger partial charge is 0.226 e. The van der Waals surface area contributed by atoms with E-state index in [0.717, 1.165) is 12.4 Å². The molecule has 88 valence electrons. The average Bonchev–Trinajstić information content (AvgIpc) is 2.26. The minimum absolute atomic E-state index is 0.522. The lowest BCUT2D eigenvalue weighted by molar-refractivity contribution is 0.882. The molecular formula is C10H17N5S. The van der Waals surface area contributed by atoms with Crippen LogP contribution in [-0.4, -0.2) is 42.6 Å². The molecule has 0 bridgehead atoms. The molecule has 0 fully saturated rings. The standard InChI is InChI=1S/C10H17N5S/c1-14(2)10-12-6-4-9(13-10)15(3)7-5-8(11)16/h4,6H,5,7H2,1-3H3,(H2,11,16). The summed E-state index contributed by atoms with van der Waals surface area (Å²) < 4.78 is 0. The van der Waals surface area contributed by atoms with Crippen molar-refractivity contribution in [2.24, 2.45) is 5.73 Å². The maximum absolute atomic E-state index is 5.46. The number of hydrogen-bond donors (Lipinski definition) is 1. The van der Waals surface area contributed by atoms with E-state index < -0.39 is 0 Å². The molecule has 0 aliphatic heterocycles. The van der Waals surface area contributed by atoms with Gasteiger partial charge < -0.3 is 15.5 Å². The molecule has 1 aromatic rings. The van der Waals surface area contributed by atoms with Crippen molar-refractivity contribution >= 4 is 29.0 Å². The number of anilines is 2. The van der Waals surface area contributed by atoms with E-state index in [4.69, 9.17) is 18.0 Å². The molecule has 0 unspecified atom stereocenters. The maximum atomic E-state index is 5.46. The Bertz CT molecular complexity index is 366. The molecule has 2 N–H and O–H groups in total. The van der Waals surface area contributed by atoms with Gasteiger partial charge in [0, 0.05) is 40.3 Å². The molecule has 1 heterocycles. The molecule has 0 saturated carbocycles. The fraction of sp³-hybridized carbons (Fsp3) is 0.500. The predicted molar refractivity (Wildman–Crippen MR) is 71.0 cm³/mol. The maximum Gasteiger partial charge on any atom is 0.226 e. The molecule has 0 aliphatic rings. The van der Waals surface area contributed by atoms with Gasteiger partial charge in [-0.15, -0.1) is 0 Å². The lowest BCUT2D eigenvalue weighted by Gasteiger charge is -2.19. The van der Waals surface area contributed by atoms with Gasteiger partial charge in [-0.25, -0.2) is 4.98 Å². The lowest BCUT2D eigenvalue weighted by Crippen LogP contribution is -2.25.